The largest absolute Gasteiger partial charge is 0.507 e. The van der Waals surface area contributed by atoms with Crippen molar-refractivity contribution in [2.75, 3.05) is 6.54 Å². The maximum absolute atomic E-state index is 12.7. The topological polar surface area (TPSA) is 57.6 Å². The lowest BCUT2D eigenvalue weighted by molar-refractivity contribution is -0.139. The number of Topliss-reactive ketones (excluding diaryl/α,β-unsaturated/α-hetero) is 1. The molecule has 2 aromatic rings. The molecule has 1 fully saturated rings. The molecule has 1 atom stereocenters. The Bertz CT molecular complexity index is 843. The molecule has 5 heteroatoms. The SMILES string of the molecule is CCCCN1C(=O)C(=O)/C(=C(/O)c2ccccc2)C1c1ccc(Cl)cc1. The Labute approximate surface area is 157 Å². The standard InChI is InChI=1S/C21H20ClNO3/c1-2-3-13-23-18(14-9-11-16(22)12-10-14)17(20(25)21(23)26)19(24)15-7-5-4-6-8-15/h4-12,18,24H,2-3,13H2,1H3/b19-17+. The van der Waals surface area contributed by atoms with E-state index in [1.807, 2.05) is 13.0 Å². The van der Waals surface area contributed by atoms with Crippen molar-refractivity contribution < 1.29 is 14.7 Å². The van der Waals surface area contributed by atoms with Crippen LogP contribution in [0.1, 0.15) is 36.9 Å². The summed E-state index contributed by atoms with van der Waals surface area (Å²) < 4.78 is 0. The number of amides is 1. The van der Waals surface area contributed by atoms with Crippen LogP contribution in [0.3, 0.4) is 0 Å². The van der Waals surface area contributed by atoms with E-state index in [2.05, 4.69) is 0 Å². The number of aliphatic hydroxyl groups is 1. The van der Waals surface area contributed by atoms with Gasteiger partial charge in [0.1, 0.15) is 5.76 Å². The molecular weight excluding hydrogens is 350 g/mol. The summed E-state index contributed by atoms with van der Waals surface area (Å²) in [6.45, 7) is 2.48. The van der Waals surface area contributed by atoms with Gasteiger partial charge in [-0.2, -0.15) is 0 Å². The minimum absolute atomic E-state index is 0.125. The first kappa shape index (κ1) is 18.2. The average molecular weight is 370 g/mol. The maximum Gasteiger partial charge on any atom is 0.295 e. The Balaban J connectivity index is 2.15. The summed E-state index contributed by atoms with van der Waals surface area (Å²) in [5.74, 6) is -1.37. The smallest absolute Gasteiger partial charge is 0.295 e. The van der Waals surface area contributed by atoms with Gasteiger partial charge in [-0.05, 0) is 24.1 Å². The molecule has 1 heterocycles. The highest BCUT2D eigenvalue weighted by atomic mass is 35.5. The minimum atomic E-state index is -0.651. The van der Waals surface area contributed by atoms with E-state index >= 15 is 0 Å². The highest BCUT2D eigenvalue weighted by Gasteiger charge is 2.45. The maximum atomic E-state index is 12.7. The molecule has 0 radical (unpaired) electrons. The van der Waals surface area contributed by atoms with E-state index in [1.54, 1.807) is 53.4 Å². The van der Waals surface area contributed by atoms with Gasteiger partial charge in [-0.15, -0.1) is 0 Å². The van der Waals surface area contributed by atoms with Crippen LogP contribution in [0.25, 0.3) is 5.76 Å². The van der Waals surface area contributed by atoms with Gasteiger partial charge in [0.2, 0.25) is 0 Å². The van der Waals surface area contributed by atoms with E-state index in [9.17, 15) is 14.7 Å². The van der Waals surface area contributed by atoms with Gasteiger partial charge in [0, 0.05) is 17.1 Å². The number of ketones is 1. The molecular formula is C21H20ClNO3. The lowest BCUT2D eigenvalue weighted by Crippen LogP contribution is -2.30. The van der Waals surface area contributed by atoms with Crippen molar-refractivity contribution in [1.82, 2.24) is 4.90 Å². The number of nitrogens with zero attached hydrogens (tertiary/aromatic N) is 1. The molecule has 3 rings (SSSR count). The summed E-state index contributed by atoms with van der Waals surface area (Å²) >= 11 is 5.98. The second kappa shape index (κ2) is 7.75. The van der Waals surface area contributed by atoms with Crippen LogP contribution in [0.4, 0.5) is 0 Å². The van der Waals surface area contributed by atoms with Gasteiger partial charge in [0.25, 0.3) is 11.7 Å². The van der Waals surface area contributed by atoms with Crippen molar-refractivity contribution in [1.29, 1.82) is 0 Å². The van der Waals surface area contributed by atoms with E-state index in [4.69, 9.17) is 11.6 Å². The Morgan fingerprint density at radius 2 is 1.73 bits per heavy atom. The molecule has 1 aliphatic heterocycles. The van der Waals surface area contributed by atoms with Gasteiger partial charge in [-0.1, -0.05) is 67.4 Å². The van der Waals surface area contributed by atoms with E-state index in [0.717, 1.165) is 18.4 Å². The molecule has 0 spiro atoms. The number of rotatable bonds is 5. The average Bonchev–Trinajstić information content (AvgIpc) is 2.91. The molecule has 0 bridgehead atoms. The van der Waals surface area contributed by atoms with Crippen molar-refractivity contribution in [3.8, 4) is 0 Å². The summed E-state index contributed by atoms with van der Waals surface area (Å²) in [6.07, 6.45) is 1.68. The minimum Gasteiger partial charge on any atom is -0.507 e. The molecule has 2 aromatic carbocycles. The first-order chi connectivity index (χ1) is 12.5. The molecule has 1 aliphatic rings. The summed E-state index contributed by atoms with van der Waals surface area (Å²) in [7, 11) is 0. The molecule has 0 aromatic heterocycles. The van der Waals surface area contributed by atoms with Crippen molar-refractivity contribution in [3.63, 3.8) is 0 Å². The number of carbonyl (C=O) groups excluding carboxylic acids is 2. The molecule has 1 N–H and O–H groups in total. The van der Waals surface area contributed by atoms with Crippen molar-refractivity contribution in [2.24, 2.45) is 0 Å². The summed E-state index contributed by atoms with van der Waals surface area (Å²) in [4.78, 5) is 26.9. The molecule has 1 amide bonds. The van der Waals surface area contributed by atoms with E-state index in [-0.39, 0.29) is 11.3 Å². The third-order valence-corrected chi connectivity index (χ3v) is 4.78. The number of carbonyl (C=O) groups is 2. The molecule has 134 valence electrons. The Hall–Kier alpha value is -2.59. The Morgan fingerprint density at radius 3 is 2.35 bits per heavy atom. The molecule has 1 saturated heterocycles. The normalized spacial score (nSPS) is 19.2. The van der Waals surface area contributed by atoms with Gasteiger partial charge >= 0.3 is 0 Å². The van der Waals surface area contributed by atoms with Crippen LogP contribution < -0.4 is 0 Å². The first-order valence-corrected chi connectivity index (χ1v) is 9.01. The zero-order chi connectivity index (χ0) is 18.7. The zero-order valence-corrected chi connectivity index (χ0v) is 15.2. The van der Waals surface area contributed by atoms with Gasteiger partial charge in [-0.25, -0.2) is 0 Å². The van der Waals surface area contributed by atoms with Crippen LogP contribution in [0.15, 0.2) is 60.2 Å². The molecule has 0 saturated carbocycles. The van der Waals surface area contributed by atoms with Gasteiger partial charge < -0.3 is 10.0 Å². The van der Waals surface area contributed by atoms with Gasteiger partial charge in [-0.3, -0.25) is 9.59 Å². The van der Waals surface area contributed by atoms with E-state index in [1.165, 1.54) is 0 Å². The number of unbranched alkanes of at least 4 members (excludes halogenated alkanes) is 1. The first-order valence-electron chi connectivity index (χ1n) is 8.64. The molecule has 4 nitrogen and oxygen atoms in total. The Morgan fingerprint density at radius 1 is 1.08 bits per heavy atom. The number of hydrogen-bond donors (Lipinski definition) is 1. The lowest BCUT2D eigenvalue weighted by Gasteiger charge is -2.25. The number of halogens is 1. The second-order valence-corrected chi connectivity index (χ2v) is 6.70. The highest BCUT2D eigenvalue weighted by Crippen LogP contribution is 2.39. The molecule has 1 unspecified atom stereocenters. The van der Waals surface area contributed by atoms with E-state index in [0.29, 0.717) is 17.1 Å². The monoisotopic (exact) mass is 369 g/mol. The van der Waals surface area contributed by atoms with Crippen LogP contribution in [0.5, 0.6) is 0 Å². The predicted octanol–water partition coefficient (Wildman–Crippen LogP) is 4.56. The molecule has 0 aliphatic carbocycles. The summed E-state index contributed by atoms with van der Waals surface area (Å²) in [5, 5.41) is 11.4. The number of aliphatic hydroxyl groups excluding tert-OH is 1. The van der Waals surface area contributed by atoms with Crippen molar-refractivity contribution >= 4 is 29.1 Å². The predicted molar refractivity (Wildman–Crippen MR) is 102 cm³/mol. The van der Waals surface area contributed by atoms with E-state index < -0.39 is 17.7 Å². The van der Waals surface area contributed by atoms with Crippen LogP contribution in [0, 0.1) is 0 Å². The van der Waals surface area contributed by atoms with Gasteiger partial charge in [0.15, 0.2) is 0 Å². The highest BCUT2D eigenvalue weighted by molar-refractivity contribution is 6.46. The van der Waals surface area contributed by atoms with Crippen LogP contribution in [-0.4, -0.2) is 28.2 Å². The van der Waals surface area contributed by atoms with Crippen LogP contribution >= 0.6 is 11.6 Å². The fourth-order valence-corrected chi connectivity index (χ4v) is 3.31. The number of benzene rings is 2. The number of hydrogen-bond acceptors (Lipinski definition) is 3. The zero-order valence-electron chi connectivity index (χ0n) is 14.5. The summed E-state index contributed by atoms with van der Waals surface area (Å²) in [6, 6.07) is 15.2. The van der Waals surface area contributed by atoms with Crippen LogP contribution in [0.2, 0.25) is 5.02 Å². The number of likely N-dealkylation sites (tertiary alicyclic amines) is 1. The fourth-order valence-electron chi connectivity index (χ4n) is 3.18. The fraction of sp³-hybridized carbons (Fsp3) is 0.238. The molecule has 26 heavy (non-hydrogen) atoms. The van der Waals surface area contributed by atoms with Crippen LogP contribution in [-0.2, 0) is 9.59 Å². The second-order valence-electron chi connectivity index (χ2n) is 6.26. The van der Waals surface area contributed by atoms with Gasteiger partial charge in [0.05, 0.1) is 11.6 Å². The quantitative estimate of drug-likeness (QED) is 0.477. The van der Waals surface area contributed by atoms with Crippen molar-refractivity contribution in [3.05, 3.63) is 76.3 Å². The third-order valence-electron chi connectivity index (χ3n) is 4.53. The van der Waals surface area contributed by atoms with Crippen molar-refractivity contribution in [2.45, 2.75) is 25.8 Å². The Kier molecular flexibility index (Phi) is 5.43. The third kappa shape index (κ3) is 3.37. The summed E-state index contributed by atoms with van der Waals surface area (Å²) in [5.41, 5.74) is 1.39. The lowest BCUT2D eigenvalue weighted by atomic mass is 9.95.